The number of anilines is 1. The Morgan fingerprint density at radius 2 is 1.82 bits per heavy atom. The number of nitrogens with one attached hydrogen (secondary N) is 2. The maximum absolute atomic E-state index is 13.0. The lowest BCUT2D eigenvalue weighted by atomic mass is 10.1. The number of hydrogen-bond acceptors (Lipinski definition) is 5. The molecule has 0 atom stereocenters. The zero-order chi connectivity index (χ0) is 24.1. The van der Waals surface area contributed by atoms with Crippen LogP contribution in [0.1, 0.15) is 47.1 Å². The fourth-order valence-corrected chi connectivity index (χ4v) is 4.70. The molecule has 0 spiro atoms. The minimum Gasteiger partial charge on any atom is -0.345 e. The van der Waals surface area contributed by atoms with Crippen LogP contribution in [0.4, 0.5) is 5.69 Å². The summed E-state index contributed by atoms with van der Waals surface area (Å²) < 4.78 is 30.3. The predicted octanol–water partition coefficient (Wildman–Crippen LogP) is 4.11. The first kappa shape index (κ1) is 23.4. The van der Waals surface area contributed by atoms with Gasteiger partial charge < -0.3 is 5.32 Å². The summed E-state index contributed by atoms with van der Waals surface area (Å²) in [7, 11) is -3.86. The SMILES string of the molecule is CCCCc1ccc(NS(=O)(=O)c2ccc(C)c(C(=O)NCc3nnc4ccccn34)c2)cc1. The smallest absolute Gasteiger partial charge is 0.261 e. The van der Waals surface area contributed by atoms with Gasteiger partial charge in [0.05, 0.1) is 11.4 Å². The van der Waals surface area contributed by atoms with Gasteiger partial charge in [-0.2, -0.15) is 0 Å². The molecule has 2 heterocycles. The van der Waals surface area contributed by atoms with Crippen molar-refractivity contribution >= 4 is 27.3 Å². The maximum Gasteiger partial charge on any atom is 0.261 e. The van der Waals surface area contributed by atoms with Crippen LogP contribution < -0.4 is 10.0 Å². The molecule has 9 heteroatoms. The van der Waals surface area contributed by atoms with Crippen molar-refractivity contribution in [3.63, 3.8) is 0 Å². The number of benzene rings is 2. The van der Waals surface area contributed by atoms with Gasteiger partial charge in [-0.25, -0.2) is 8.42 Å². The number of aromatic nitrogens is 3. The van der Waals surface area contributed by atoms with E-state index in [1.807, 2.05) is 36.5 Å². The number of nitrogens with zero attached hydrogens (tertiary/aromatic N) is 3. The predicted molar refractivity (Wildman–Crippen MR) is 131 cm³/mol. The molecule has 0 aliphatic rings. The molecule has 0 aliphatic carbocycles. The first-order valence-corrected chi connectivity index (χ1v) is 12.6. The summed E-state index contributed by atoms with van der Waals surface area (Å²) in [4.78, 5) is 12.9. The van der Waals surface area contributed by atoms with Gasteiger partial charge in [0.2, 0.25) is 0 Å². The minimum absolute atomic E-state index is 0.0197. The molecule has 0 saturated carbocycles. The Labute approximate surface area is 199 Å². The number of hydrogen-bond donors (Lipinski definition) is 2. The normalized spacial score (nSPS) is 11.5. The zero-order valence-electron chi connectivity index (χ0n) is 19.2. The largest absolute Gasteiger partial charge is 0.345 e. The molecule has 8 nitrogen and oxygen atoms in total. The fourth-order valence-electron chi connectivity index (χ4n) is 3.61. The number of rotatable bonds is 9. The number of carbonyl (C=O) groups excluding carboxylic acids is 1. The van der Waals surface area contributed by atoms with Crippen LogP contribution in [0.5, 0.6) is 0 Å². The molecule has 0 bridgehead atoms. The van der Waals surface area contributed by atoms with E-state index >= 15 is 0 Å². The number of unbranched alkanes of at least 4 members (excludes halogenated alkanes) is 1. The molecule has 176 valence electrons. The minimum atomic E-state index is -3.86. The average molecular weight is 478 g/mol. The number of pyridine rings is 1. The van der Waals surface area contributed by atoms with Crippen LogP contribution in [0, 0.1) is 6.92 Å². The molecule has 4 rings (SSSR count). The van der Waals surface area contributed by atoms with E-state index in [2.05, 4.69) is 27.2 Å². The third-order valence-corrected chi connectivity index (χ3v) is 6.96. The van der Waals surface area contributed by atoms with Crippen LogP contribution in [0.3, 0.4) is 0 Å². The quantitative estimate of drug-likeness (QED) is 0.377. The van der Waals surface area contributed by atoms with Crippen molar-refractivity contribution < 1.29 is 13.2 Å². The summed E-state index contributed by atoms with van der Waals surface area (Å²) in [5.74, 6) is 0.192. The van der Waals surface area contributed by atoms with Crippen molar-refractivity contribution in [2.24, 2.45) is 0 Å². The lowest BCUT2D eigenvalue weighted by molar-refractivity contribution is 0.0949. The van der Waals surface area contributed by atoms with Gasteiger partial charge in [-0.15, -0.1) is 10.2 Å². The summed E-state index contributed by atoms with van der Waals surface area (Å²) in [6, 6.07) is 17.4. The second-order valence-corrected chi connectivity index (χ2v) is 9.79. The number of sulfonamides is 1. The molecule has 0 saturated heterocycles. The highest BCUT2D eigenvalue weighted by Crippen LogP contribution is 2.20. The second-order valence-electron chi connectivity index (χ2n) is 8.11. The van der Waals surface area contributed by atoms with E-state index in [0.29, 0.717) is 22.7 Å². The van der Waals surface area contributed by atoms with Crippen LogP contribution in [0.15, 0.2) is 71.8 Å². The number of aryl methyl sites for hydroxylation is 2. The highest BCUT2D eigenvalue weighted by Gasteiger charge is 2.19. The first-order valence-electron chi connectivity index (χ1n) is 11.2. The Kier molecular flexibility index (Phi) is 6.93. The van der Waals surface area contributed by atoms with Crippen LogP contribution in [-0.2, 0) is 23.0 Å². The van der Waals surface area contributed by atoms with E-state index in [1.54, 1.807) is 29.5 Å². The van der Waals surface area contributed by atoms with Crippen LogP contribution in [-0.4, -0.2) is 28.9 Å². The van der Waals surface area contributed by atoms with Crippen molar-refractivity contribution in [1.82, 2.24) is 19.9 Å². The highest BCUT2D eigenvalue weighted by molar-refractivity contribution is 7.92. The molecule has 0 radical (unpaired) electrons. The summed E-state index contributed by atoms with van der Waals surface area (Å²) >= 11 is 0. The summed E-state index contributed by atoms with van der Waals surface area (Å²) in [5, 5.41) is 11.0. The van der Waals surface area contributed by atoms with E-state index in [-0.39, 0.29) is 22.9 Å². The summed E-state index contributed by atoms with van der Waals surface area (Å²) in [6.45, 7) is 4.05. The summed E-state index contributed by atoms with van der Waals surface area (Å²) in [5.41, 5.74) is 3.28. The molecular weight excluding hydrogens is 450 g/mol. The van der Waals surface area contributed by atoms with Gasteiger partial charge in [0, 0.05) is 17.4 Å². The molecule has 2 aromatic heterocycles. The lowest BCUT2D eigenvalue weighted by Crippen LogP contribution is -2.25. The Balaban J connectivity index is 1.48. The van der Waals surface area contributed by atoms with Crippen molar-refractivity contribution in [3.05, 3.63) is 89.4 Å². The Hall–Kier alpha value is -3.72. The number of amides is 1. The van der Waals surface area contributed by atoms with Gasteiger partial charge in [-0.1, -0.05) is 37.6 Å². The first-order chi connectivity index (χ1) is 16.4. The Morgan fingerprint density at radius 3 is 2.59 bits per heavy atom. The van der Waals surface area contributed by atoms with Gasteiger partial charge in [0.25, 0.3) is 15.9 Å². The van der Waals surface area contributed by atoms with Crippen molar-refractivity contribution in [1.29, 1.82) is 0 Å². The molecule has 34 heavy (non-hydrogen) atoms. The fraction of sp³-hybridized carbons (Fsp3) is 0.240. The summed E-state index contributed by atoms with van der Waals surface area (Å²) in [6.07, 6.45) is 4.97. The average Bonchev–Trinajstić information content (AvgIpc) is 3.25. The maximum atomic E-state index is 13.0. The van der Waals surface area contributed by atoms with Gasteiger partial charge in [-0.3, -0.25) is 13.9 Å². The Morgan fingerprint density at radius 1 is 1.03 bits per heavy atom. The van der Waals surface area contributed by atoms with Crippen molar-refractivity contribution in [2.75, 3.05) is 4.72 Å². The molecule has 0 unspecified atom stereocenters. The van der Waals surface area contributed by atoms with Crippen LogP contribution in [0.25, 0.3) is 5.65 Å². The van der Waals surface area contributed by atoms with E-state index in [1.165, 1.54) is 17.7 Å². The topological polar surface area (TPSA) is 105 Å². The molecule has 4 aromatic rings. The van der Waals surface area contributed by atoms with Crippen LogP contribution in [0.2, 0.25) is 0 Å². The van der Waals surface area contributed by atoms with Gasteiger partial charge in [0.15, 0.2) is 11.5 Å². The zero-order valence-corrected chi connectivity index (χ0v) is 20.0. The molecule has 0 fully saturated rings. The molecule has 2 aromatic carbocycles. The van der Waals surface area contributed by atoms with Gasteiger partial charge in [0.1, 0.15) is 0 Å². The third kappa shape index (κ3) is 5.26. The number of carbonyl (C=O) groups is 1. The van der Waals surface area contributed by atoms with E-state index < -0.39 is 10.0 Å². The van der Waals surface area contributed by atoms with Crippen molar-refractivity contribution in [3.8, 4) is 0 Å². The van der Waals surface area contributed by atoms with Crippen molar-refractivity contribution in [2.45, 2.75) is 44.6 Å². The molecule has 1 amide bonds. The second kappa shape index (κ2) is 10.0. The molecule has 0 aliphatic heterocycles. The van der Waals surface area contributed by atoms with E-state index in [4.69, 9.17) is 0 Å². The highest BCUT2D eigenvalue weighted by atomic mass is 32.2. The Bertz CT molecular complexity index is 1410. The van der Waals surface area contributed by atoms with Gasteiger partial charge >= 0.3 is 0 Å². The standard InChI is InChI=1S/C25H27N5O3S/c1-3-4-7-19-10-12-20(13-11-19)29-34(32,33)21-14-9-18(2)22(16-21)25(31)26-17-24-28-27-23-8-5-6-15-30(23)24/h5-6,8-16,29H,3-4,7,17H2,1-2H3,(H,26,31). The molecule has 2 N–H and O–H groups in total. The van der Waals surface area contributed by atoms with Gasteiger partial charge in [-0.05, 0) is 67.3 Å². The monoisotopic (exact) mass is 477 g/mol. The van der Waals surface area contributed by atoms with E-state index in [0.717, 1.165) is 19.3 Å². The molecular formula is C25H27N5O3S. The third-order valence-electron chi connectivity index (χ3n) is 5.58. The lowest BCUT2D eigenvalue weighted by Gasteiger charge is -2.12. The van der Waals surface area contributed by atoms with E-state index in [9.17, 15) is 13.2 Å². The van der Waals surface area contributed by atoms with Crippen LogP contribution >= 0.6 is 0 Å². The number of fused-ring (bicyclic) bond motifs is 1.